The third-order valence-electron chi connectivity index (χ3n) is 3.95. The Morgan fingerprint density at radius 1 is 1.25 bits per heavy atom. The van der Waals surface area contributed by atoms with Gasteiger partial charge in [-0.2, -0.15) is 0 Å². The number of rotatable bonds is 7. The lowest BCUT2D eigenvalue weighted by Crippen LogP contribution is -2.34. The van der Waals surface area contributed by atoms with Gasteiger partial charge in [0.15, 0.2) is 0 Å². The summed E-state index contributed by atoms with van der Waals surface area (Å²) >= 11 is 0. The topological polar surface area (TPSA) is 105 Å². The number of nitrogens with one attached hydrogen (secondary N) is 3. The van der Waals surface area contributed by atoms with E-state index in [4.69, 9.17) is 4.74 Å². The highest BCUT2D eigenvalue weighted by atomic mass is 16.5. The van der Waals surface area contributed by atoms with Crippen molar-refractivity contribution in [3.8, 4) is 0 Å². The summed E-state index contributed by atoms with van der Waals surface area (Å²) in [4.78, 5) is 31.4. The zero-order valence-electron chi connectivity index (χ0n) is 14.2. The highest BCUT2D eigenvalue weighted by Gasteiger charge is 2.26. The molecular weight excluding hydrogens is 310 g/mol. The van der Waals surface area contributed by atoms with Crippen LogP contribution in [0.3, 0.4) is 0 Å². The SMILES string of the molecule is CCCCOC(=O)N[C@H]1CC[C@H](Nc2cnc(C(=O)NC)cn2)C1. The molecule has 1 heterocycles. The molecule has 1 aromatic heterocycles. The molecule has 1 fully saturated rings. The van der Waals surface area contributed by atoms with E-state index in [9.17, 15) is 9.59 Å². The van der Waals surface area contributed by atoms with Crippen LogP contribution in [0.2, 0.25) is 0 Å². The Morgan fingerprint density at radius 3 is 2.71 bits per heavy atom. The number of anilines is 1. The van der Waals surface area contributed by atoms with Crippen LogP contribution in [-0.2, 0) is 4.74 Å². The van der Waals surface area contributed by atoms with Gasteiger partial charge in [-0.25, -0.2) is 14.8 Å². The summed E-state index contributed by atoms with van der Waals surface area (Å²) in [5, 5.41) is 8.68. The molecule has 2 rings (SSSR count). The Labute approximate surface area is 141 Å². The summed E-state index contributed by atoms with van der Waals surface area (Å²) in [6.45, 7) is 2.52. The molecule has 0 aliphatic heterocycles. The van der Waals surface area contributed by atoms with Crippen LogP contribution >= 0.6 is 0 Å². The summed E-state index contributed by atoms with van der Waals surface area (Å²) in [5.41, 5.74) is 0.281. The Hall–Kier alpha value is -2.38. The number of unbranched alkanes of at least 4 members (excludes halogenated alkanes) is 1. The first-order chi connectivity index (χ1) is 11.6. The molecule has 2 atom stereocenters. The molecule has 0 bridgehead atoms. The van der Waals surface area contributed by atoms with Crippen molar-refractivity contribution in [3.05, 3.63) is 18.1 Å². The maximum absolute atomic E-state index is 11.7. The number of alkyl carbamates (subject to hydrolysis) is 1. The second-order valence-corrected chi connectivity index (χ2v) is 5.85. The molecule has 24 heavy (non-hydrogen) atoms. The van der Waals surface area contributed by atoms with Crippen LogP contribution < -0.4 is 16.0 Å². The summed E-state index contributed by atoms with van der Waals surface area (Å²) in [7, 11) is 1.55. The quantitative estimate of drug-likeness (QED) is 0.655. The zero-order valence-corrected chi connectivity index (χ0v) is 14.2. The van der Waals surface area contributed by atoms with Crippen LogP contribution in [0.15, 0.2) is 12.4 Å². The van der Waals surface area contributed by atoms with E-state index in [2.05, 4.69) is 32.8 Å². The molecule has 0 spiro atoms. The van der Waals surface area contributed by atoms with Crippen molar-refractivity contribution in [2.24, 2.45) is 0 Å². The molecular formula is C16H25N5O3. The van der Waals surface area contributed by atoms with E-state index in [0.717, 1.165) is 32.1 Å². The normalized spacial score (nSPS) is 19.6. The number of carbonyl (C=O) groups excluding carboxylic acids is 2. The number of hydrogen-bond acceptors (Lipinski definition) is 6. The van der Waals surface area contributed by atoms with E-state index in [-0.39, 0.29) is 29.8 Å². The summed E-state index contributed by atoms with van der Waals surface area (Å²) < 4.78 is 5.11. The first kappa shape index (κ1) is 18.0. The van der Waals surface area contributed by atoms with Gasteiger partial charge < -0.3 is 20.7 Å². The molecule has 8 heteroatoms. The first-order valence-electron chi connectivity index (χ1n) is 8.36. The Balaban J connectivity index is 1.75. The standard InChI is InChI=1S/C16H25N5O3/c1-3-4-7-24-16(23)21-12-6-5-11(8-12)20-14-10-18-13(9-19-14)15(22)17-2/h9-12H,3-8H2,1-2H3,(H,17,22)(H,19,20)(H,21,23)/t11-,12-/m0/s1. The van der Waals surface area contributed by atoms with E-state index in [1.165, 1.54) is 6.20 Å². The predicted molar refractivity (Wildman–Crippen MR) is 89.9 cm³/mol. The summed E-state index contributed by atoms with van der Waals surface area (Å²) in [6, 6.07) is 0.320. The third kappa shape index (κ3) is 5.36. The second kappa shape index (κ2) is 9.05. The molecule has 1 aliphatic carbocycles. The van der Waals surface area contributed by atoms with Gasteiger partial charge in [0.2, 0.25) is 0 Å². The van der Waals surface area contributed by atoms with Gasteiger partial charge in [0.1, 0.15) is 11.5 Å². The lowest BCUT2D eigenvalue weighted by molar-refractivity contribution is 0.0957. The Kier molecular flexibility index (Phi) is 6.77. The molecule has 0 aromatic carbocycles. The van der Waals surface area contributed by atoms with Crippen LogP contribution in [0.1, 0.15) is 49.5 Å². The Bertz CT molecular complexity index is 549. The average Bonchev–Trinajstić information content (AvgIpc) is 3.02. The smallest absolute Gasteiger partial charge is 0.407 e. The van der Waals surface area contributed by atoms with Crippen LogP contribution in [0.4, 0.5) is 10.6 Å². The fourth-order valence-electron chi connectivity index (χ4n) is 2.62. The molecule has 2 amide bonds. The van der Waals surface area contributed by atoms with E-state index in [1.807, 2.05) is 0 Å². The lowest BCUT2D eigenvalue weighted by Gasteiger charge is -2.15. The molecule has 3 N–H and O–H groups in total. The summed E-state index contributed by atoms with van der Waals surface area (Å²) in [6.07, 6.45) is 7.16. The average molecular weight is 335 g/mol. The molecule has 8 nitrogen and oxygen atoms in total. The lowest BCUT2D eigenvalue weighted by atomic mass is 10.2. The largest absolute Gasteiger partial charge is 0.450 e. The van der Waals surface area contributed by atoms with Crippen LogP contribution in [0.5, 0.6) is 0 Å². The molecule has 1 aromatic rings. The number of aromatic nitrogens is 2. The van der Waals surface area contributed by atoms with Crippen LogP contribution in [-0.4, -0.2) is 47.7 Å². The van der Waals surface area contributed by atoms with Crippen LogP contribution in [0.25, 0.3) is 0 Å². The number of hydrogen-bond donors (Lipinski definition) is 3. The van der Waals surface area contributed by atoms with Crippen molar-refractivity contribution in [1.82, 2.24) is 20.6 Å². The Morgan fingerprint density at radius 2 is 2.04 bits per heavy atom. The third-order valence-corrected chi connectivity index (χ3v) is 3.95. The van der Waals surface area contributed by atoms with E-state index < -0.39 is 0 Å². The van der Waals surface area contributed by atoms with Crippen molar-refractivity contribution in [3.63, 3.8) is 0 Å². The fraction of sp³-hybridized carbons (Fsp3) is 0.625. The highest BCUT2D eigenvalue weighted by molar-refractivity contribution is 5.91. The molecule has 0 saturated heterocycles. The molecule has 132 valence electrons. The highest BCUT2D eigenvalue weighted by Crippen LogP contribution is 2.22. The van der Waals surface area contributed by atoms with E-state index in [0.29, 0.717) is 12.4 Å². The van der Waals surface area contributed by atoms with Gasteiger partial charge in [-0.1, -0.05) is 13.3 Å². The van der Waals surface area contributed by atoms with Gasteiger partial charge >= 0.3 is 6.09 Å². The molecule has 1 saturated carbocycles. The minimum atomic E-state index is -0.344. The minimum Gasteiger partial charge on any atom is -0.450 e. The van der Waals surface area contributed by atoms with Crippen molar-refractivity contribution in [2.75, 3.05) is 19.0 Å². The minimum absolute atomic E-state index is 0.106. The van der Waals surface area contributed by atoms with Gasteiger partial charge in [0.05, 0.1) is 19.0 Å². The monoisotopic (exact) mass is 335 g/mol. The van der Waals surface area contributed by atoms with Gasteiger partial charge in [-0.15, -0.1) is 0 Å². The van der Waals surface area contributed by atoms with Crippen LogP contribution in [0, 0.1) is 0 Å². The number of nitrogens with zero attached hydrogens (tertiary/aromatic N) is 2. The number of ether oxygens (including phenoxy) is 1. The van der Waals surface area contributed by atoms with Crippen molar-refractivity contribution < 1.29 is 14.3 Å². The van der Waals surface area contributed by atoms with Crippen molar-refractivity contribution in [2.45, 2.75) is 51.1 Å². The van der Waals surface area contributed by atoms with Crippen molar-refractivity contribution in [1.29, 1.82) is 0 Å². The predicted octanol–water partition coefficient (Wildman–Crippen LogP) is 1.70. The maximum Gasteiger partial charge on any atom is 0.407 e. The zero-order chi connectivity index (χ0) is 17.4. The second-order valence-electron chi connectivity index (χ2n) is 5.85. The first-order valence-corrected chi connectivity index (χ1v) is 8.36. The maximum atomic E-state index is 11.7. The van der Waals surface area contributed by atoms with Gasteiger partial charge in [-0.05, 0) is 25.7 Å². The molecule has 0 unspecified atom stereocenters. The van der Waals surface area contributed by atoms with Gasteiger partial charge in [0, 0.05) is 19.1 Å². The fourth-order valence-corrected chi connectivity index (χ4v) is 2.62. The van der Waals surface area contributed by atoms with Crippen molar-refractivity contribution >= 4 is 17.8 Å². The number of amides is 2. The van der Waals surface area contributed by atoms with Gasteiger partial charge in [-0.3, -0.25) is 4.79 Å². The summed E-state index contributed by atoms with van der Waals surface area (Å²) in [5.74, 6) is 0.361. The molecule has 0 radical (unpaired) electrons. The molecule has 1 aliphatic rings. The number of carbonyl (C=O) groups is 2. The van der Waals surface area contributed by atoms with Gasteiger partial charge in [0.25, 0.3) is 5.91 Å². The van der Waals surface area contributed by atoms with E-state index >= 15 is 0 Å². The van der Waals surface area contributed by atoms with E-state index in [1.54, 1.807) is 13.2 Å².